The van der Waals surface area contributed by atoms with Gasteiger partial charge in [-0.1, -0.05) is 19.9 Å². The van der Waals surface area contributed by atoms with Crippen LogP contribution < -0.4 is 10.1 Å². The van der Waals surface area contributed by atoms with Crippen LogP contribution in [-0.2, 0) is 20.2 Å². The maximum absolute atomic E-state index is 13.9. The standard InChI is InChI=1S/C14H19FN4O/c1-10(2)16-7-11-4-5-13(12(15)6-11)20-8-14-17-9-18-19(14)3/h4-6,9-10,16H,7-8H2,1-3H3. The van der Waals surface area contributed by atoms with Crippen LogP contribution in [0.25, 0.3) is 0 Å². The van der Waals surface area contributed by atoms with Gasteiger partial charge in [-0.05, 0) is 17.7 Å². The van der Waals surface area contributed by atoms with E-state index in [1.165, 1.54) is 12.4 Å². The zero-order valence-corrected chi connectivity index (χ0v) is 11.9. The van der Waals surface area contributed by atoms with E-state index >= 15 is 0 Å². The quantitative estimate of drug-likeness (QED) is 0.878. The maximum atomic E-state index is 13.9. The van der Waals surface area contributed by atoms with Crippen molar-refractivity contribution in [2.45, 2.75) is 33.0 Å². The Labute approximate surface area is 117 Å². The van der Waals surface area contributed by atoms with E-state index in [1.54, 1.807) is 17.8 Å². The molecule has 0 fully saturated rings. The monoisotopic (exact) mass is 278 g/mol. The summed E-state index contributed by atoms with van der Waals surface area (Å²) < 4.78 is 20.9. The van der Waals surface area contributed by atoms with Gasteiger partial charge in [0.05, 0.1) is 0 Å². The Hall–Kier alpha value is -1.95. The van der Waals surface area contributed by atoms with Crippen LogP contribution >= 0.6 is 0 Å². The molecule has 2 aromatic rings. The van der Waals surface area contributed by atoms with Gasteiger partial charge in [0, 0.05) is 19.6 Å². The van der Waals surface area contributed by atoms with Gasteiger partial charge < -0.3 is 10.1 Å². The van der Waals surface area contributed by atoms with E-state index in [9.17, 15) is 4.39 Å². The third-order valence-electron chi connectivity index (χ3n) is 2.87. The van der Waals surface area contributed by atoms with Gasteiger partial charge in [-0.15, -0.1) is 0 Å². The molecule has 0 aliphatic heterocycles. The Morgan fingerprint density at radius 3 is 2.80 bits per heavy atom. The first-order valence-corrected chi connectivity index (χ1v) is 6.53. The van der Waals surface area contributed by atoms with Crippen molar-refractivity contribution in [3.63, 3.8) is 0 Å². The Morgan fingerprint density at radius 2 is 2.20 bits per heavy atom. The summed E-state index contributed by atoms with van der Waals surface area (Å²) in [5.74, 6) is 0.506. The number of ether oxygens (including phenoxy) is 1. The molecule has 108 valence electrons. The minimum atomic E-state index is -0.366. The molecule has 1 heterocycles. The van der Waals surface area contributed by atoms with Crippen molar-refractivity contribution >= 4 is 0 Å². The molecule has 1 N–H and O–H groups in total. The average Bonchev–Trinajstić information content (AvgIpc) is 2.81. The summed E-state index contributed by atoms with van der Waals surface area (Å²) in [6.07, 6.45) is 1.44. The molecule has 6 heteroatoms. The van der Waals surface area contributed by atoms with Crippen molar-refractivity contribution in [3.8, 4) is 5.75 Å². The summed E-state index contributed by atoms with van der Waals surface area (Å²) >= 11 is 0. The number of hydrogen-bond acceptors (Lipinski definition) is 4. The van der Waals surface area contributed by atoms with Gasteiger partial charge in [0.1, 0.15) is 12.9 Å². The molecule has 2 rings (SSSR count). The highest BCUT2D eigenvalue weighted by Crippen LogP contribution is 2.19. The molecule has 0 aliphatic carbocycles. The van der Waals surface area contributed by atoms with Gasteiger partial charge in [-0.2, -0.15) is 5.10 Å². The minimum Gasteiger partial charge on any atom is -0.483 e. The number of rotatable bonds is 6. The fraction of sp³-hybridized carbons (Fsp3) is 0.429. The molecule has 20 heavy (non-hydrogen) atoms. The second-order valence-electron chi connectivity index (χ2n) is 4.89. The first-order valence-electron chi connectivity index (χ1n) is 6.53. The highest BCUT2D eigenvalue weighted by atomic mass is 19.1. The highest BCUT2D eigenvalue weighted by molar-refractivity contribution is 5.29. The number of halogens is 1. The summed E-state index contributed by atoms with van der Waals surface area (Å²) in [4.78, 5) is 4.02. The molecular weight excluding hydrogens is 259 g/mol. The summed E-state index contributed by atoms with van der Waals surface area (Å²) in [6, 6.07) is 5.35. The fourth-order valence-electron chi connectivity index (χ4n) is 1.69. The number of hydrogen-bond donors (Lipinski definition) is 1. The Kier molecular flexibility index (Phi) is 4.68. The van der Waals surface area contributed by atoms with E-state index in [0.717, 1.165) is 5.56 Å². The summed E-state index contributed by atoms with van der Waals surface area (Å²) in [6.45, 7) is 4.93. The minimum absolute atomic E-state index is 0.191. The second kappa shape index (κ2) is 6.47. The van der Waals surface area contributed by atoms with Crippen LogP contribution in [-0.4, -0.2) is 20.8 Å². The van der Waals surface area contributed by atoms with E-state index in [1.807, 2.05) is 6.07 Å². The zero-order valence-electron chi connectivity index (χ0n) is 11.9. The van der Waals surface area contributed by atoms with Crippen LogP contribution in [0.15, 0.2) is 24.5 Å². The van der Waals surface area contributed by atoms with Crippen LogP contribution in [0.5, 0.6) is 5.75 Å². The van der Waals surface area contributed by atoms with Crippen molar-refractivity contribution in [2.75, 3.05) is 0 Å². The lowest BCUT2D eigenvalue weighted by atomic mass is 10.2. The lowest BCUT2D eigenvalue weighted by Crippen LogP contribution is -2.21. The van der Waals surface area contributed by atoms with Crippen LogP contribution in [0, 0.1) is 5.82 Å². The number of nitrogens with zero attached hydrogens (tertiary/aromatic N) is 3. The van der Waals surface area contributed by atoms with E-state index in [4.69, 9.17) is 4.74 Å². The maximum Gasteiger partial charge on any atom is 0.165 e. The van der Waals surface area contributed by atoms with Crippen molar-refractivity contribution in [1.29, 1.82) is 0 Å². The average molecular weight is 278 g/mol. The molecule has 0 atom stereocenters. The van der Waals surface area contributed by atoms with E-state index in [2.05, 4.69) is 29.2 Å². The van der Waals surface area contributed by atoms with E-state index in [0.29, 0.717) is 18.4 Å². The summed E-state index contributed by atoms with van der Waals surface area (Å²) in [5, 5.41) is 7.17. The molecule has 1 aromatic carbocycles. The normalized spacial score (nSPS) is 11.1. The molecule has 0 saturated heterocycles. The smallest absolute Gasteiger partial charge is 0.165 e. The third kappa shape index (κ3) is 3.77. The predicted molar refractivity (Wildman–Crippen MR) is 73.7 cm³/mol. The largest absolute Gasteiger partial charge is 0.483 e. The topological polar surface area (TPSA) is 52.0 Å². The molecule has 5 nitrogen and oxygen atoms in total. The molecule has 0 bridgehead atoms. The van der Waals surface area contributed by atoms with E-state index < -0.39 is 0 Å². The van der Waals surface area contributed by atoms with Crippen LogP contribution in [0.1, 0.15) is 25.2 Å². The molecule has 0 saturated carbocycles. The number of aromatic nitrogens is 3. The van der Waals surface area contributed by atoms with Crippen molar-refractivity contribution in [2.24, 2.45) is 7.05 Å². The SMILES string of the molecule is CC(C)NCc1ccc(OCc2ncnn2C)c(F)c1. The van der Waals surface area contributed by atoms with Crippen LogP contribution in [0.3, 0.4) is 0 Å². The fourth-order valence-corrected chi connectivity index (χ4v) is 1.69. The molecule has 0 amide bonds. The first kappa shape index (κ1) is 14.5. The zero-order chi connectivity index (χ0) is 14.5. The summed E-state index contributed by atoms with van der Waals surface area (Å²) in [5.41, 5.74) is 0.891. The molecule has 0 radical (unpaired) electrons. The van der Waals surface area contributed by atoms with Gasteiger partial charge in [-0.3, -0.25) is 4.68 Å². The van der Waals surface area contributed by atoms with Crippen molar-refractivity contribution < 1.29 is 9.13 Å². The lowest BCUT2D eigenvalue weighted by molar-refractivity contribution is 0.275. The Morgan fingerprint density at radius 1 is 1.40 bits per heavy atom. The molecule has 0 unspecified atom stereocenters. The Balaban J connectivity index is 1.97. The first-order chi connectivity index (χ1) is 9.56. The third-order valence-corrected chi connectivity index (χ3v) is 2.87. The van der Waals surface area contributed by atoms with Gasteiger partial charge in [0.15, 0.2) is 17.4 Å². The van der Waals surface area contributed by atoms with Gasteiger partial charge >= 0.3 is 0 Å². The number of aryl methyl sites for hydroxylation is 1. The molecule has 0 spiro atoms. The molecular formula is C14H19FN4O. The molecule has 1 aromatic heterocycles. The number of benzene rings is 1. The van der Waals surface area contributed by atoms with E-state index in [-0.39, 0.29) is 18.2 Å². The predicted octanol–water partition coefficient (Wildman–Crippen LogP) is 2.03. The second-order valence-corrected chi connectivity index (χ2v) is 4.89. The Bertz CT molecular complexity index is 568. The number of nitrogens with one attached hydrogen (secondary N) is 1. The van der Waals surface area contributed by atoms with Crippen molar-refractivity contribution in [1.82, 2.24) is 20.1 Å². The summed E-state index contributed by atoms with van der Waals surface area (Å²) in [7, 11) is 1.77. The van der Waals surface area contributed by atoms with Crippen molar-refractivity contribution in [3.05, 3.63) is 41.7 Å². The van der Waals surface area contributed by atoms with Gasteiger partial charge in [-0.25, -0.2) is 9.37 Å². The highest BCUT2D eigenvalue weighted by Gasteiger charge is 2.07. The van der Waals surface area contributed by atoms with Gasteiger partial charge in [0.2, 0.25) is 0 Å². The van der Waals surface area contributed by atoms with Crippen LogP contribution in [0.2, 0.25) is 0 Å². The van der Waals surface area contributed by atoms with Gasteiger partial charge in [0.25, 0.3) is 0 Å². The lowest BCUT2D eigenvalue weighted by Gasteiger charge is -2.10. The van der Waals surface area contributed by atoms with Crippen LogP contribution in [0.4, 0.5) is 4.39 Å². The molecule has 0 aliphatic rings.